The van der Waals surface area contributed by atoms with Crippen LogP contribution in [0.1, 0.15) is 37.8 Å². The fourth-order valence-electron chi connectivity index (χ4n) is 2.51. The summed E-state index contributed by atoms with van der Waals surface area (Å²) in [5.74, 6) is -0.850. The van der Waals surface area contributed by atoms with Crippen molar-refractivity contribution >= 4 is 10.0 Å². The number of nitrogens with one attached hydrogen (secondary N) is 1. The quantitative estimate of drug-likeness (QED) is 0.811. The van der Waals surface area contributed by atoms with Gasteiger partial charge >= 0.3 is 6.18 Å². The number of aromatic nitrogens is 2. The van der Waals surface area contributed by atoms with E-state index in [0.717, 1.165) is 0 Å². The van der Waals surface area contributed by atoms with Gasteiger partial charge in [-0.2, -0.15) is 18.4 Å². The van der Waals surface area contributed by atoms with Gasteiger partial charge < -0.3 is 4.74 Å². The molecule has 7 nitrogen and oxygen atoms in total. The first kappa shape index (κ1) is 19.4. The predicted molar refractivity (Wildman–Crippen MR) is 81.0 cm³/mol. The Morgan fingerprint density at radius 2 is 1.88 bits per heavy atom. The minimum absolute atomic E-state index is 0.0671. The van der Waals surface area contributed by atoms with Gasteiger partial charge in [0.15, 0.2) is 0 Å². The number of hydrogen-bond acceptors (Lipinski definition) is 6. The first-order chi connectivity index (χ1) is 11.7. The average Bonchev–Trinajstić information content (AvgIpc) is 2.55. The Balaban J connectivity index is 1.82. The van der Waals surface area contributed by atoms with Gasteiger partial charge in [0.05, 0.1) is 12.2 Å². The lowest BCUT2D eigenvalue weighted by molar-refractivity contribution is -0.130. The normalized spacial score (nSPS) is 21.5. The van der Waals surface area contributed by atoms with Gasteiger partial charge in [0.2, 0.25) is 15.7 Å². The van der Waals surface area contributed by atoms with Gasteiger partial charge in [0.1, 0.15) is 12.2 Å². The molecule has 11 heteroatoms. The molecule has 1 heterocycles. The Morgan fingerprint density at radius 1 is 1.24 bits per heavy atom. The molecule has 0 atom stereocenters. The van der Waals surface area contributed by atoms with Crippen molar-refractivity contribution in [1.82, 2.24) is 14.7 Å². The number of ether oxygens (including phenoxy) is 1. The van der Waals surface area contributed by atoms with Crippen LogP contribution in [0.4, 0.5) is 13.2 Å². The molecule has 0 saturated heterocycles. The summed E-state index contributed by atoms with van der Waals surface area (Å²) in [7, 11) is -3.98. The minimum atomic E-state index is -4.50. The summed E-state index contributed by atoms with van der Waals surface area (Å²) < 4.78 is 67.8. The van der Waals surface area contributed by atoms with Gasteiger partial charge in [0, 0.05) is 18.4 Å². The first-order valence-electron chi connectivity index (χ1n) is 7.63. The van der Waals surface area contributed by atoms with E-state index in [1.54, 1.807) is 0 Å². The smallest absolute Gasteiger partial charge is 0.390 e. The molecule has 1 aliphatic carbocycles. The zero-order valence-corrected chi connectivity index (χ0v) is 14.0. The largest absolute Gasteiger partial charge is 0.472 e. The summed E-state index contributed by atoms with van der Waals surface area (Å²) in [6, 6.07) is 1.45. The van der Waals surface area contributed by atoms with Gasteiger partial charge in [-0.3, -0.25) is 0 Å². The lowest BCUT2D eigenvalue weighted by Crippen LogP contribution is -2.41. The molecule has 0 aliphatic heterocycles. The van der Waals surface area contributed by atoms with Crippen molar-refractivity contribution in [2.45, 2.75) is 50.4 Å². The number of halogens is 3. The highest BCUT2D eigenvalue weighted by molar-refractivity contribution is 7.89. The van der Waals surface area contributed by atoms with Crippen LogP contribution in [0, 0.1) is 11.3 Å². The van der Waals surface area contributed by atoms with Crippen molar-refractivity contribution in [2.75, 3.05) is 5.75 Å². The predicted octanol–water partition coefficient (Wildman–Crippen LogP) is 1.91. The van der Waals surface area contributed by atoms with E-state index < -0.39 is 34.4 Å². The van der Waals surface area contributed by atoms with Crippen LogP contribution in [0.15, 0.2) is 12.4 Å². The molecular weight excluding hydrogens is 361 g/mol. The topological polar surface area (TPSA) is 105 Å². The molecule has 0 amide bonds. The van der Waals surface area contributed by atoms with Crippen molar-refractivity contribution < 1.29 is 26.3 Å². The molecule has 1 N–H and O–H groups in total. The molecule has 0 radical (unpaired) electrons. The van der Waals surface area contributed by atoms with Gasteiger partial charge in [-0.05, 0) is 25.7 Å². The first-order valence-corrected chi connectivity index (χ1v) is 9.28. The molecular formula is C14H17F3N4O3S. The molecule has 25 heavy (non-hydrogen) atoms. The summed E-state index contributed by atoms with van der Waals surface area (Å²) >= 11 is 0. The molecule has 0 spiro atoms. The van der Waals surface area contributed by atoms with E-state index in [0.29, 0.717) is 25.7 Å². The molecule has 1 aliphatic rings. The van der Waals surface area contributed by atoms with Gasteiger partial charge in [-0.1, -0.05) is 0 Å². The summed E-state index contributed by atoms with van der Waals surface area (Å²) in [6.45, 7) is 0. The molecule has 0 aromatic carbocycles. The summed E-state index contributed by atoms with van der Waals surface area (Å²) in [5, 5.41) is 8.94. The highest BCUT2D eigenvalue weighted by atomic mass is 32.2. The van der Waals surface area contributed by atoms with Crippen LogP contribution >= 0.6 is 0 Å². The Hall–Kier alpha value is -1.93. The molecule has 0 unspecified atom stereocenters. The summed E-state index contributed by atoms with van der Waals surface area (Å²) in [5.41, 5.74) is 0.0671. The zero-order chi connectivity index (χ0) is 18.5. The SMILES string of the molecule is N#Cc1nccnc1OC1CCC(NS(=O)(=O)CCC(F)(F)F)CC1. The van der Waals surface area contributed by atoms with E-state index in [1.807, 2.05) is 6.07 Å². The third-order valence-corrected chi connectivity index (χ3v) is 5.16. The van der Waals surface area contributed by atoms with Crippen molar-refractivity contribution in [1.29, 1.82) is 5.26 Å². The second-order valence-electron chi connectivity index (χ2n) is 5.72. The lowest BCUT2D eigenvalue weighted by Gasteiger charge is -2.29. The monoisotopic (exact) mass is 378 g/mol. The average molecular weight is 378 g/mol. The molecule has 2 rings (SSSR count). The fourth-order valence-corrected chi connectivity index (χ4v) is 3.87. The van der Waals surface area contributed by atoms with Crippen molar-refractivity contribution in [3.05, 3.63) is 18.1 Å². The van der Waals surface area contributed by atoms with Gasteiger partial charge in [-0.25, -0.2) is 23.1 Å². The van der Waals surface area contributed by atoms with Crippen LogP contribution < -0.4 is 9.46 Å². The Kier molecular flexibility index (Phi) is 6.18. The highest BCUT2D eigenvalue weighted by Gasteiger charge is 2.32. The molecule has 138 valence electrons. The Morgan fingerprint density at radius 3 is 2.48 bits per heavy atom. The van der Waals surface area contributed by atoms with Crippen LogP contribution in [0.5, 0.6) is 5.88 Å². The zero-order valence-electron chi connectivity index (χ0n) is 13.2. The van der Waals surface area contributed by atoms with Crippen LogP contribution in [-0.4, -0.2) is 42.5 Å². The standard InChI is InChI=1S/C14H17F3N4O3S/c15-14(16,17)5-8-25(22,23)21-10-1-3-11(4-2-10)24-13-12(9-18)19-6-7-20-13/h6-7,10-11,21H,1-5,8H2. The minimum Gasteiger partial charge on any atom is -0.472 e. The maximum atomic E-state index is 12.1. The number of nitriles is 1. The Labute approximate surface area is 143 Å². The molecule has 1 aromatic heterocycles. The van der Waals surface area contributed by atoms with Crippen molar-refractivity contribution in [2.24, 2.45) is 0 Å². The number of alkyl halides is 3. The van der Waals surface area contributed by atoms with Crippen molar-refractivity contribution in [3.63, 3.8) is 0 Å². The number of rotatable bonds is 6. The van der Waals surface area contributed by atoms with E-state index in [4.69, 9.17) is 10.00 Å². The second-order valence-corrected chi connectivity index (χ2v) is 7.59. The Bertz CT molecular complexity index is 726. The fraction of sp³-hybridized carbons (Fsp3) is 0.643. The van der Waals surface area contributed by atoms with E-state index >= 15 is 0 Å². The maximum absolute atomic E-state index is 12.1. The van der Waals surface area contributed by atoms with E-state index in [9.17, 15) is 21.6 Å². The van der Waals surface area contributed by atoms with Crippen LogP contribution in [-0.2, 0) is 10.0 Å². The van der Waals surface area contributed by atoms with Gasteiger partial charge in [0.25, 0.3) is 5.88 Å². The van der Waals surface area contributed by atoms with Crippen LogP contribution in [0.3, 0.4) is 0 Å². The molecule has 1 fully saturated rings. The summed E-state index contributed by atoms with van der Waals surface area (Å²) in [4.78, 5) is 7.78. The van der Waals surface area contributed by atoms with Crippen LogP contribution in [0.2, 0.25) is 0 Å². The van der Waals surface area contributed by atoms with Crippen molar-refractivity contribution in [3.8, 4) is 11.9 Å². The van der Waals surface area contributed by atoms with Gasteiger partial charge in [-0.15, -0.1) is 0 Å². The highest BCUT2D eigenvalue weighted by Crippen LogP contribution is 2.25. The third-order valence-electron chi connectivity index (χ3n) is 3.72. The van der Waals surface area contributed by atoms with Crippen LogP contribution in [0.25, 0.3) is 0 Å². The van der Waals surface area contributed by atoms with E-state index in [2.05, 4.69) is 14.7 Å². The molecule has 0 bridgehead atoms. The van der Waals surface area contributed by atoms with E-state index in [1.165, 1.54) is 12.4 Å². The second kappa shape index (κ2) is 7.97. The lowest BCUT2D eigenvalue weighted by atomic mass is 9.94. The molecule has 1 saturated carbocycles. The third kappa shape index (κ3) is 6.47. The number of nitrogens with zero attached hydrogens (tertiary/aromatic N) is 3. The number of sulfonamides is 1. The summed E-state index contributed by atoms with van der Waals surface area (Å²) in [6.07, 6.45) is -1.51. The van der Waals surface area contributed by atoms with E-state index in [-0.39, 0.29) is 17.7 Å². The number of hydrogen-bond donors (Lipinski definition) is 1. The molecule has 1 aromatic rings. The maximum Gasteiger partial charge on any atom is 0.390 e.